The van der Waals surface area contributed by atoms with Crippen molar-refractivity contribution >= 4 is 34.6 Å². The third-order valence-corrected chi connectivity index (χ3v) is 7.72. The first-order chi connectivity index (χ1) is 17.4. The molecule has 3 aliphatic rings. The van der Waals surface area contributed by atoms with Crippen molar-refractivity contribution in [3.63, 3.8) is 0 Å². The average Bonchev–Trinajstić information content (AvgIpc) is 2.81. The summed E-state index contributed by atoms with van der Waals surface area (Å²) in [6.45, 7) is 0. The highest BCUT2D eigenvalue weighted by Gasteiger charge is 2.60. The topological polar surface area (TPSA) is 187 Å². The molecule has 0 heterocycles. The lowest BCUT2D eigenvalue weighted by Crippen LogP contribution is -2.58. The maximum Gasteiger partial charge on any atom is 0.255 e. The molecular weight excluding hydrogens is 478 g/mol. The van der Waals surface area contributed by atoms with Gasteiger partial charge in [-0.1, -0.05) is 12.1 Å². The Morgan fingerprint density at radius 3 is 2.43 bits per heavy atom. The second kappa shape index (κ2) is 8.10. The van der Waals surface area contributed by atoms with Crippen LogP contribution in [0.3, 0.4) is 0 Å². The van der Waals surface area contributed by atoms with Crippen molar-refractivity contribution in [1.29, 1.82) is 0 Å². The number of aromatic hydroxyl groups is 1. The van der Waals surface area contributed by atoms with Crippen LogP contribution in [0.25, 0.3) is 16.9 Å². The lowest BCUT2D eigenvalue weighted by molar-refractivity contribution is -0.147. The third kappa shape index (κ3) is 3.32. The summed E-state index contributed by atoms with van der Waals surface area (Å²) >= 11 is 0. The molecule has 0 unspecified atom stereocenters. The number of carbonyl (C=O) groups is 3. The zero-order valence-electron chi connectivity index (χ0n) is 20.3. The fourth-order valence-corrected chi connectivity index (χ4v) is 5.99. The SMILES string of the molecule is CN(C)c1cc(-c2cccc(N)c2)c(O)c2c1C[C@H]1C[C@H]3CC(=O)C(C(N)=O)=C(O)[C@@]3(O)C(=O)C1=C2O. The Bertz CT molecular complexity index is 1470. The van der Waals surface area contributed by atoms with Crippen LogP contribution >= 0.6 is 0 Å². The summed E-state index contributed by atoms with van der Waals surface area (Å²) in [6.07, 6.45) is -0.0533. The van der Waals surface area contributed by atoms with Gasteiger partial charge in [0.1, 0.15) is 22.8 Å². The van der Waals surface area contributed by atoms with E-state index < -0.39 is 52.0 Å². The molecule has 0 saturated heterocycles. The van der Waals surface area contributed by atoms with E-state index in [1.165, 1.54) is 0 Å². The second-order valence-electron chi connectivity index (χ2n) is 10.1. The molecule has 2 aromatic carbocycles. The highest BCUT2D eigenvalue weighted by molar-refractivity contribution is 6.22. The van der Waals surface area contributed by atoms with Crippen LogP contribution in [0.15, 0.2) is 47.2 Å². The lowest BCUT2D eigenvalue weighted by atomic mass is 9.59. The molecule has 0 bridgehead atoms. The van der Waals surface area contributed by atoms with E-state index in [-0.39, 0.29) is 36.1 Å². The van der Waals surface area contributed by atoms with Crippen molar-refractivity contribution in [3.05, 3.63) is 58.4 Å². The third-order valence-electron chi connectivity index (χ3n) is 7.72. The van der Waals surface area contributed by atoms with E-state index in [4.69, 9.17) is 11.5 Å². The molecule has 0 radical (unpaired) electrons. The zero-order valence-corrected chi connectivity index (χ0v) is 20.3. The summed E-state index contributed by atoms with van der Waals surface area (Å²) in [7, 11) is 3.62. The van der Waals surface area contributed by atoms with Crippen LogP contribution in [0, 0.1) is 11.8 Å². The van der Waals surface area contributed by atoms with Crippen molar-refractivity contribution in [2.45, 2.75) is 24.9 Å². The van der Waals surface area contributed by atoms with Crippen molar-refractivity contribution in [2.24, 2.45) is 17.6 Å². The number of anilines is 2. The van der Waals surface area contributed by atoms with E-state index in [2.05, 4.69) is 0 Å². The smallest absolute Gasteiger partial charge is 0.255 e. The van der Waals surface area contributed by atoms with Crippen LogP contribution in [-0.2, 0) is 20.8 Å². The Kier molecular flexibility index (Phi) is 5.34. The minimum absolute atomic E-state index is 0.0377. The normalized spacial score (nSPS) is 24.9. The number of nitrogen functional groups attached to an aromatic ring is 1. The number of nitrogens with zero attached hydrogens (tertiary/aromatic N) is 1. The molecule has 10 nitrogen and oxygen atoms in total. The number of carbonyl (C=O) groups excluding carboxylic acids is 3. The predicted molar refractivity (Wildman–Crippen MR) is 136 cm³/mol. The molecule has 8 N–H and O–H groups in total. The molecule has 3 aliphatic carbocycles. The number of ketones is 2. The fourth-order valence-electron chi connectivity index (χ4n) is 5.99. The summed E-state index contributed by atoms with van der Waals surface area (Å²) in [4.78, 5) is 39.9. The fraction of sp³-hybridized carbons (Fsp3) is 0.296. The molecule has 0 spiro atoms. The van der Waals surface area contributed by atoms with E-state index in [0.29, 0.717) is 28.1 Å². The first-order valence-electron chi connectivity index (χ1n) is 11.8. The average molecular weight is 506 g/mol. The maximum atomic E-state index is 13.7. The Labute approximate surface area is 212 Å². The Morgan fingerprint density at radius 1 is 1.11 bits per heavy atom. The highest BCUT2D eigenvalue weighted by Crippen LogP contribution is 2.54. The molecule has 192 valence electrons. The number of nitrogens with two attached hydrogens (primary N) is 2. The molecule has 1 fully saturated rings. The summed E-state index contributed by atoms with van der Waals surface area (Å²) in [5.74, 6) is -6.54. The van der Waals surface area contributed by atoms with Gasteiger partial charge < -0.3 is 36.8 Å². The van der Waals surface area contributed by atoms with E-state index in [9.17, 15) is 34.8 Å². The molecule has 2 aromatic rings. The van der Waals surface area contributed by atoms with Gasteiger partial charge >= 0.3 is 0 Å². The van der Waals surface area contributed by atoms with Gasteiger partial charge in [0.25, 0.3) is 5.91 Å². The number of hydrogen-bond acceptors (Lipinski definition) is 9. The Morgan fingerprint density at radius 2 is 1.81 bits per heavy atom. The number of aliphatic hydroxyl groups is 3. The van der Waals surface area contributed by atoms with Crippen molar-refractivity contribution in [2.75, 3.05) is 24.7 Å². The summed E-state index contributed by atoms with van der Waals surface area (Å²) < 4.78 is 0. The van der Waals surface area contributed by atoms with Crippen LogP contribution < -0.4 is 16.4 Å². The van der Waals surface area contributed by atoms with E-state index >= 15 is 0 Å². The molecule has 0 aliphatic heterocycles. The van der Waals surface area contributed by atoms with Crippen LogP contribution in [-0.4, -0.2) is 57.6 Å². The standard InChI is InChI=1S/C27H27N3O7/c1-30(2)17-10-15(11-4-3-5-14(28)7-11)22(32)20-16(17)8-12-6-13-9-18(31)21(26(29)36)25(35)27(13,37)24(34)19(12)23(20)33/h3-5,7,10,12-13,32-33,35,37H,6,8-9,28H2,1-2H3,(H2,29,36)/t12-,13+,27+/m1/s1. The van der Waals surface area contributed by atoms with E-state index in [1.54, 1.807) is 30.3 Å². The van der Waals surface area contributed by atoms with E-state index in [1.807, 2.05) is 19.0 Å². The Balaban J connectivity index is 1.76. The number of amides is 1. The number of fused-ring (bicyclic) bond motifs is 3. The van der Waals surface area contributed by atoms with Crippen molar-refractivity contribution in [3.8, 4) is 16.9 Å². The monoisotopic (exact) mass is 505 g/mol. The van der Waals surface area contributed by atoms with Gasteiger partial charge in [-0.2, -0.15) is 0 Å². The summed E-state index contributed by atoms with van der Waals surface area (Å²) in [6, 6.07) is 8.62. The molecule has 1 saturated carbocycles. The predicted octanol–water partition coefficient (Wildman–Crippen LogP) is 1.74. The van der Waals surface area contributed by atoms with Crippen LogP contribution in [0.1, 0.15) is 24.0 Å². The molecule has 10 heteroatoms. The van der Waals surface area contributed by atoms with Crippen molar-refractivity contribution < 1.29 is 34.8 Å². The van der Waals surface area contributed by atoms with Gasteiger partial charge in [0.15, 0.2) is 11.4 Å². The number of aliphatic hydroxyl groups excluding tert-OH is 2. The first kappa shape index (κ1) is 24.4. The van der Waals surface area contributed by atoms with Crippen LogP contribution in [0.4, 0.5) is 11.4 Å². The maximum absolute atomic E-state index is 13.7. The van der Waals surface area contributed by atoms with Gasteiger partial charge in [-0.25, -0.2) is 0 Å². The number of rotatable bonds is 3. The molecule has 1 amide bonds. The van der Waals surface area contributed by atoms with Gasteiger partial charge in [0.05, 0.1) is 5.56 Å². The van der Waals surface area contributed by atoms with Gasteiger partial charge in [0, 0.05) is 48.9 Å². The first-order valence-corrected chi connectivity index (χ1v) is 11.8. The number of phenolic OH excluding ortho intramolecular Hbond substituents is 1. The molecular formula is C27H27N3O7. The number of benzene rings is 2. The minimum atomic E-state index is -2.60. The van der Waals surface area contributed by atoms with Crippen LogP contribution in [0.2, 0.25) is 0 Å². The largest absolute Gasteiger partial charge is 0.508 e. The molecule has 3 atom stereocenters. The highest BCUT2D eigenvalue weighted by atomic mass is 16.3. The number of phenols is 1. The zero-order chi connectivity index (χ0) is 27.0. The van der Waals surface area contributed by atoms with Gasteiger partial charge in [-0.3, -0.25) is 14.4 Å². The van der Waals surface area contributed by atoms with Crippen molar-refractivity contribution in [1.82, 2.24) is 0 Å². The molecule has 37 heavy (non-hydrogen) atoms. The van der Waals surface area contributed by atoms with E-state index in [0.717, 1.165) is 0 Å². The van der Waals surface area contributed by atoms with Crippen LogP contribution in [0.5, 0.6) is 5.75 Å². The molecule has 5 rings (SSSR count). The summed E-state index contributed by atoms with van der Waals surface area (Å²) in [5.41, 5.74) is 10.4. The van der Waals surface area contributed by atoms with Gasteiger partial charge in [-0.15, -0.1) is 0 Å². The second-order valence-corrected chi connectivity index (χ2v) is 10.1. The Hall–Kier alpha value is -4.31. The lowest BCUT2D eigenvalue weighted by Gasteiger charge is -2.46. The number of Topliss-reactive ketones (excluding diaryl/α,β-unsaturated/α-hetero) is 2. The van der Waals surface area contributed by atoms with Gasteiger partial charge in [0.2, 0.25) is 5.78 Å². The minimum Gasteiger partial charge on any atom is -0.508 e. The quantitative estimate of drug-likeness (QED) is 0.267. The number of primary amides is 1. The summed E-state index contributed by atoms with van der Waals surface area (Å²) in [5, 5.41) is 44.9. The molecule has 0 aromatic heterocycles. The van der Waals surface area contributed by atoms with Gasteiger partial charge in [-0.05, 0) is 48.1 Å². The number of hydrogen-bond donors (Lipinski definition) is 6.